The van der Waals surface area contributed by atoms with Crippen molar-refractivity contribution in [1.82, 2.24) is 14.9 Å². The van der Waals surface area contributed by atoms with Gasteiger partial charge in [-0.15, -0.1) is 0 Å². The molecular formula is C28H35N3O5. The summed E-state index contributed by atoms with van der Waals surface area (Å²) in [5, 5.41) is 15.7. The lowest BCUT2D eigenvalue weighted by atomic mass is 9.89. The molecule has 0 fully saturated rings. The average molecular weight is 494 g/mol. The summed E-state index contributed by atoms with van der Waals surface area (Å²) >= 11 is 0. The fraction of sp³-hybridized carbons (Fsp3) is 0.500. The van der Waals surface area contributed by atoms with Gasteiger partial charge in [-0.2, -0.15) is 0 Å². The fourth-order valence-electron chi connectivity index (χ4n) is 5.27. The van der Waals surface area contributed by atoms with Crippen molar-refractivity contribution in [3.63, 3.8) is 0 Å². The van der Waals surface area contributed by atoms with E-state index in [2.05, 4.69) is 12.2 Å². The summed E-state index contributed by atoms with van der Waals surface area (Å²) in [6.07, 6.45) is 3.40. The molecule has 0 spiro atoms. The van der Waals surface area contributed by atoms with Crippen LogP contribution in [0.4, 0.5) is 0 Å². The molecule has 0 radical (unpaired) electrons. The Hall–Kier alpha value is -2.94. The molecule has 0 bridgehead atoms. The molecule has 4 heterocycles. The number of benzene rings is 1. The Kier molecular flexibility index (Phi) is 6.76. The van der Waals surface area contributed by atoms with Gasteiger partial charge in [0.15, 0.2) is 11.5 Å². The first kappa shape index (κ1) is 24.7. The summed E-state index contributed by atoms with van der Waals surface area (Å²) in [7, 11) is 1.57. The highest BCUT2D eigenvalue weighted by Gasteiger charge is 2.33. The van der Waals surface area contributed by atoms with Crippen LogP contribution in [0.5, 0.6) is 11.5 Å². The van der Waals surface area contributed by atoms with Crippen molar-refractivity contribution in [3.05, 3.63) is 50.8 Å². The van der Waals surface area contributed by atoms with Crippen LogP contribution in [0.25, 0.3) is 22.3 Å². The maximum absolute atomic E-state index is 13.7. The smallest absolute Gasteiger partial charge is 0.257 e. The van der Waals surface area contributed by atoms with Crippen LogP contribution >= 0.6 is 0 Å². The fourth-order valence-corrected chi connectivity index (χ4v) is 5.27. The number of pyridine rings is 2. The molecule has 8 heteroatoms. The Labute approximate surface area is 211 Å². The molecule has 2 aliphatic heterocycles. The largest absolute Gasteiger partial charge is 0.454 e. The van der Waals surface area contributed by atoms with E-state index in [4.69, 9.17) is 19.2 Å². The molecule has 3 aromatic rings. The van der Waals surface area contributed by atoms with E-state index in [1.807, 2.05) is 25.1 Å². The SMILES string of the molecule is CCCNCCCc1c2c(nc3cc4c(cc13)OCO4)-c1cc([C@@](C)(O)CC)c(COC)c(=O)n1C2. The van der Waals surface area contributed by atoms with E-state index in [1.165, 1.54) is 5.56 Å². The summed E-state index contributed by atoms with van der Waals surface area (Å²) in [6, 6.07) is 5.89. The second-order valence-electron chi connectivity index (χ2n) is 9.87. The van der Waals surface area contributed by atoms with Crippen LogP contribution in [0.2, 0.25) is 0 Å². The van der Waals surface area contributed by atoms with Crippen LogP contribution < -0.4 is 20.3 Å². The number of aliphatic hydroxyl groups is 1. The average Bonchev–Trinajstić information content (AvgIpc) is 3.48. The Morgan fingerprint density at radius 3 is 2.67 bits per heavy atom. The van der Waals surface area contributed by atoms with Crippen LogP contribution in [-0.2, 0) is 29.9 Å². The van der Waals surface area contributed by atoms with E-state index in [1.54, 1.807) is 18.6 Å². The number of rotatable bonds is 10. The van der Waals surface area contributed by atoms with Crippen molar-refractivity contribution in [3.8, 4) is 22.9 Å². The molecule has 0 unspecified atom stereocenters. The molecule has 0 aliphatic carbocycles. The van der Waals surface area contributed by atoms with Crippen molar-refractivity contribution < 1.29 is 19.3 Å². The van der Waals surface area contributed by atoms with E-state index in [0.29, 0.717) is 29.8 Å². The quantitative estimate of drug-likeness (QED) is 0.324. The summed E-state index contributed by atoms with van der Waals surface area (Å²) in [5.74, 6) is 1.41. The first-order valence-electron chi connectivity index (χ1n) is 12.8. The molecule has 2 N–H and O–H groups in total. The predicted octanol–water partition coefficient (Wildman–Crippen LogP) is 3.85. The highest BCUT2D eigenvalue weighted by molar-refractivity contribution is 5.90. The maximum atomic E-state index is 13.7. The van der Waals surface area contributed by atoms with Crippen molar-refractivity contribution >= 4 is 10.9 Å². The minimum Gasteiger partial charge on any atom is -0.454 e. The Morgan fingerprint density at radius 2 is 1.94 bits per heavy atom. The second-order valence-corrected chi connectivity index (χ2v) is 9.87. The van der Waals surface area contributed by atoms with Gasteiger partial charge in [0.2, 0.25) is 6.79 Å². The Bertz CT molecular complexity index is 1360. The van der Waals surface area contributed by atoms with Crippen molar-refractivity contribution in [1.29, 1.82) is 0 Å². The summed E-state index contributed by atoms with van der Waals surface area (Å²) in [6.45, 7) is 8.54. The van der Waals surface area contributed by atoms with E-state index in [-0.39, 0.29) is 19.0 Å². The second kappa shape index (κ2) is 9.84. The predicted molar refractivity (Wildman–Crippen MR) is 139 cm³/mol. The first-order valence-corrected chi connectivity index (χ1v) is 12.8. The summed E-state index contributed by atoms with van der Waals surface area (Å²) < 4.78 is 18.4. The highest BCUT2D eigenvalue weighted by Crippen LogP contribution is 2.42. The van der Waals surface area contributed by atoms with Gasteiger partial charge in [0.05, 0.1) is 35.7 Å². The number of hydrogen-bond donors (Lipinski definition) is 2. The van der Waals surface area contributed by atoms with Gasteiger partial charge < -0.3 is 29.2 Å². The van der Waals surface area contributed by atoms with Crippen LogP contribution in [0.1, 0.15) is 62.3 Å². The summed E-state index contributed by atoms with van der Waals surface area (Å²) in [5.41, 5.74) is 4.42. The first-order chi connectivity index (χ1) is 17.4. The number of ether oxygens (including phenoxy) is 3. The van der Waals surface area contributed by atoms with Gasteiger partial charge in [-0.3, -0.25) is 4.79 Å². The molecule has 192 valence electrons. The lowest BCUT2D eigenvalue weighted by molar-refractivity contribution is 0.0495. The minimum absolute atomic E-state index is 0.134. The van der Waals surface area contributed by atoms with Gasteiger partial charge in [-0.05, 0) is 69.0 Å². The lowest BCUT2D eigenvalue weighted by Crippen LogP contribution is -2.31. The van der Waals surface area contributed by atoms with E-state index >= 15 is 0 Å². The Morgan fingerprint density at radius 1 is 1.17 bits per heavy atom. The third kappa shape index (κ3) is 4.17. The monoisotopic (exact) mass is 493 g/mol. The van der Waals surface area contributed by atoms with Crippen molar-refractivity contribution in [2.45, 2.75) is 65.2 Å². The highest BCUT2D eigenvalue weighted by atomic mass is 16.7. The van der Waals surface area contributed by atoms with E-state index in [0.717, 1.165) is 66.0 Å². The zero-order valence-electron chi connectivity index (χ0n) is 21.6. The molecule has 2 aliphatic rings. The third-order valence-electron chi connectivity index (χ3n) is 7.42. The number of nitrogens with one attached hydrogen (secondary N) is 1. The standard InChI is InChI=1S/C28H35N3O5/c1-5-9-29-10-7-8-17-18-11-24-25(36-16-35-24)13-22(18)30-26-19(17)14-31-23(26)12-21(28(3,33)6-2)20(15-34-4)27(31)32/h11-13,29,33H,5-10,14-16H2,1-4H3/t28-/m0/s1. The van der Waals surface area contributed by atoms with Crippen molar-refractivity contribution in [2.24, 2.45) is 0 Å². The molecule has 0 saturated heterocycles. The molecule has 0 saturated carbocycles. The topological polar surface area (TPSA) is 94.8 Å². The van der Waals surface area contributed by atoms with Crippen LogP contribution in [-0.4, -0.2) is 41.6 Å². The molecule has 1 aromatic carbocycles. The minimum atomic E-state index is -1.15. The van der Waals surface area contributed by atoms with E-state index in [9.17, 15) is 9.90 Å². The molecule has 8 nitrogen and oxygen atoms in total. The van der Waals surface area contributed by atoms with Crippen LogP contribution in [0.15, 0.2) is 23.0 Å². The van der Waals surface area contributed by atoms with Gasteiger partial charge in [0, 0.05) is 29.7 Å². The number of hydrogen-bond acceptors (Lipinski definition) is 7. The van der Waals surface area contributed by atoms with Gasteiger partial charge in [0.1, 0.15) is 0 Å². The maximum Gasteiger partial charge on any atom is 0.257 e. The Balaban J connectivity index is 1.69. The van der Waals surface area contributed by atoms with Gasteiger partial charge in [-0.25, -0.2) is 4.98 Å². The van der Waals surface area contributed by atoms with Crippen LogP contribution in [0, 0.1) is 0 Å². The van der Waals surface area contributed by atoms with Gasteiger partial charge in [0.25, 0.3) is 5.56 Å². The van der Waals surface area contributed by atoms with Gasteiger partial charge >= 0.3 is 0 Å². The molecule has 2 aromatic heterocycles. The van der Waals surface area contributed by atoms with E-state index < -0.39 is 5.60 Å². The van der Waals surface area contributed by atoms with Gasteiger partial charge in [-0.1, -0.05) is 13.8 Å². The zero-order valence-corrected chi connectivity index (χ0v) is 21.6. The number of aromatic nitrogens is 2. The molecule has 5 rings (SSSR count). The molecule has 0 amide bonds. The zero-order chi connectivity index (χ0) is 25.4. The summed E-state index contributed by atoms with van der Waals surface area (Å²) in [4.78, 5) is 18.7. The number of aryl methyl sites for hydroxylation is 1. The number of methoxy groups -OCH3 is 1. The normalized spacial score (nSPS) is 15.2. The molecule has 1 atom stereocenters. The van der Waals surface area contributed by atoms with Crippen molar-refractivity contribution in [2.75, 3.05) is 27.0 Å². The molecular weight excluding hydrogens is 458 g/mol. The molecule has 36 heavy (non-hydrogen) atoms. The number of fused-ring (bicyclic) bond motifs is 5. The third-order valence-corrected chi connectivity index (χ3v) is 7.42. The van der Waals surface area contributed by atoms with Crippen LogP contribution in [0.3, 0.4) is 0 Å². The number of nitrogens with zero attached hydrogens (tertiary/aromatic N) is 2. The lowest BCUT2D eigenvalue weighted by Gasteiger charge is -2.25.